The summed E-state index contributed by atoms with van der Waals surface area (Å²) in [6.45, 7) is 7.72. The van der Waals surface area contributed by atoms with Gasteiger partial charge in [0.1, 0.15) is 5.82 Å². The van der Waals surface area contributed by atoms with Gasteiger partial charge in [-0.15, -0.1) is 0 Å². The number of ether oxygens (including phenoxy) is 3. The molecule has 4 aromatic rings. The van der Waals surface area contributed by atoms with Crippen molar-refractivity contribution in [2.24, 2.45) is 0 Å². The van der Waals surface area contributed by atoms with Crippen molar-refractivity contribution in [3.63, 3.8) is 0 Å². The Bertz CT molecular complexity index is 1260. The molecule has 8 heteroatoms. The summed E-state index contributed by atoms with van der Waals surface area (Å²) in [4.78, 5) is 11.7. The van der Waals surface area contributed by atoms with Crippen LogP contribution in [0.1, 0.15) is 12.6 Å². The molecule has 0 atom stereocenters. The van der Waals surface area contributed by atoms with Crippen LogP contribution in [0.3, 0.4) is 0 Å². The van der Waals surface area contributed by atoms with Gasteiger partial charge < -0.3 is 19.1 Å². The van der Waals surface area contributed by atoms with Gasteiger partial charge in [-0.2, -0.15) is 5.10 Å². The average Bonchev–Trinajstić information content (AvgIpc) is 3.20. The Morgan fingerprint density at radius 3 is 2.55 bits per heavy atom. The van der Waals surface area contributed by atoms with Crippen molar-refractivity contribution in [1.29, 1.82) is 0 Å². The minimum Gasteiger partial charge on any atom is -0.493 e. The summed E-state index contributed by atoms with van der Waals surface area (Å²) in [6, 6.07) is 13.9. The highest BCUT2D eigenvalue weighted by Gasteiger charge is 2.17. The molecule has 0 bridgehead atoms. The second-order valence-corrected chi connectivity index (χ2v) is 7.84. The Balaban J connectivity index is 1.52. The molecule has 0 saturated carbocycles. The van der Waals surface area contributed by atoms with E-state index in [2.05, 4.69) is 17.0 Å². The molecule has 0 unspecified atom stereocenters. The van der Waals surface area contributed by atoms with Gasteiger partial charge in [0.25, 0.3) is 0 Å². The minimum absolute atomic E-state index is 0.579. The molecular formula is C25H27N5O3. The monoisotopic (exact) mass is 445 g/mol. The Morgan fingerprint density at radius 2 is 1.82 bits per heavy atom. The van der Waals surface area contributed by atoms with Crippen molar-refractivity contribution >= 4 is 11.5 Å². The maximum Gasteiger partial charge on any atom is 0.161 e. The first-order valence-corrected chi connectivity index (χ1v) is 11.1. The minimum atomic E-state index is 0.579. The van der Waals surface area contributed by atoms with E-state index in [1.165, 1.54) is 0 Å². The van der Waals surface area contributed by atoms with Crippen molar-refractivity contribution in [2.75, 3.05) is 44.9 Å². The summed E-state index contributed by atoms with van der Waals surface area (Å²) >= 11 is 0. The molecule has 1 aromatic carbocycles. The number of imidazole rings is 1. The Hall–Kier alpha value is -3.65. The largest absolute Gasteiger partial charge is 0.493 e. The van der Waals surface area contributed by atoms with E-state index in [0.29, 0.717) is 12.4 Å². The fourth-order valence-corrected chi connectivity index (χ4v) is 4.14. The highest BCUT2D eigenvalue weighted by atomic mass is 16.5. The molecule has 1 fully saturated rings. The second kappa shape index (κ2) is 9.07. The Labute approximate surface area is 192 Å². The maximum absolute atomic E-state index is 5.64. The third-order valence-corrected chi connectivity index (χ3v) is 5.77. The lowest BCUT2D eigenvalue weighted by atomic mass is 10.1. The number of pyridine rings is 1. The molecule has 1 aliphatic rings. The van der Waals surface area contributed by atoms with Gasteiger partial charge in [-0.1, -0.05) is 0 Å². The lowest BCUT2D eigenvalue weighted by molar-refractivity contribution is 0.122. The summed E-state index contributed by atoms with van der Waals surface area (Å²) in [7, 11) is 1.64. The predicted molar refractivity (Wildman–Crippen MR) is 127 cm³/mol. The number of hydrogen-bond donors (Lipinski definition) is 0. The van der Waals surface area contributed by atoms with E-state index in [1.54, 1.807) is 7.11 Å². The van der Waals surface area contributed by atoms with E-state index < -0.39 is 0 Å². The molecular weight excluding hydrogens is 418 g/mol. The lowest BCUT2D eigenvalue weighted by Gasteiger charge is -2.27. The molecule has 1 saturated heterocycles. The number of methoxy groups -OCH3 is 1. The van der Waals surface area contributed by atoms with Crippen LogP contribution in [0.25, 0.3) is 28.2 Å². The first-order valence-electron chi connectivity index (χ1n) is 11.1. The summed E-state index contributed by atoms with van der Waals surface area (Å²) in [5.74, 6) is 2.36. The van der Waals surface area contributed by atoms with E-state index in [1.807, 2.05) is 54.9 Å². The summed E-state index contributed by atoms with van der Waals surface area (Å²) < 4.78 is 18.5. The van der Waals surface area contributed by atoms with Crippen molar-refractivity contribution in [3.8, 4) is 34.0 Å². The van der Waals surface area contributed by atoms with Gasteiger partial charge in [-0.25, -0.2) is 14.5 Å². The third-order valence-electron chi connectivity index (χ3n) is 5.77. The predicted octanol–water partition coefficient (Wildman–Crippen LogP) is 4.01. The van der Waals surface area contributed by atoms with Crippen LogP contribution in [0.4, 0.5) is 5.82 Å². The highest BCUT2D eigenvalue weighted by molar-refractivity contribution is 5.69. The molecule has 1 aliphatic heterocycles. The topological polar surface area (TPSA) is 74.0 Å². The first kappa shape index (κ1) is 21.2. The number of aryl methyl sites for hydroxylation is 1. The number of morpholine rings is 1. The van der Waals surface area contributed by atoms with Crippen molar-refractivity contribution in [2.45, 2.75) is 13.8 Å². The normalized spacial score (nSPS) is 14.0. The standard InChI is InChI=1S/C25H27N5O3/c1-4-33-21-8-5-18(15-22(21)31-3)20-7-10-24-27-17(2)25(30(24)28-20)19-6-9-23(26-16-19)29-11-13-32-14-12-29/h5-10,15-16H,4,11-14H2,1-3H3. The molecule has 3 aromatic heterocycles. The van der Waals surface area contributed by atoms with Gasteiger partial charge >= 0.3 is 0 Å². The molecule has 170 valence electrons. The van der Waals surface area contributed by atoms with Gasteiger partial charge in [-0.05, 0) is 56.3 Å². The van der Waals surface area contributed by atoms with Crippen molar-refractivity contribution < 1.29 is 14.2 Å². The number of benzene rings is 1. The molecule has 0 spiro atoms. The smallest absolute Gasteiger partial charge is 0.161 e. The molecule has 0 N–H and O–H groups in total. The van der Waals surface area contributed by atoms with Crippen LogP contribution >= 0.6 is 0 Å². The van der Waals surface area contributed by atoms with E-state index >= 15 is 0 Å². The molecule has 5 rings (SSSR count). The van der Waals surface area contributed by atoms with Crippen LogP contribution in [0, 0.1) is 6.92 Å². The zero-order valence-corrected chi connectivity index (χ0v) is 19.1. The van der Waals surface area contributed by atoms with Gasteiger partial charge in [0.2, 0.25) is 0 Å². The maximum atomic E-state index is 5.64. The van der Waals surface area contributed by atoms with Crippen LogP contribution in [0.2, 0.25) is 0 Å². The fraction of sp³-hybridized carbons (Fsp3) is 0.320. The first-order chi connectivity index (χ1) is 16.2. The second-order valence-electron chi connectivity index (χ2n) is 7.84. The highest BCUT2D eigenvalue weighted by Crippen LogP contribution is 2.33. The number of anilines is 1. The Morgan fingerprint density at radius 1 is 1.00 bits per heavy atom. The zero-order valence-electron chi connectivity index (χ0n) is 19.1. The van der Waals surface area contributed by atoms with Crippen molar-refractivity contribution in [1.82, 2.24) is 19.6 Å². The molecule has 0 aliphatic carbocycles. The summed E-state index contributed by atoms with van der Waals surface area (Å²) in [5, 5.41) is 4.91. The van der Waals surface area contributed by atoms with E-state index in [4.69, 9.17) is 29.3 Å². The van der Waals surface area contributed by atoms with Crippen LogP contribution in [0.5, 0.6) is 11.5 Å². The van der Waals surface area contributed by atoms with Crippen molar-refractivity contribution in [3.05, 3.63) is 54.4 Å². The molecule has 0 radical (unpaired) electrons. The third kappa shape index (κ3) is 4.09. The summed E-state index contributed by atoms with van der Waals surface area (Å²) in [5.41, 5.74) is 5.37. The molecule has 4 heterocycles. The number of aromatic nitrogens is 4. The van der Waals surface area contributed by atoms with Gasteiger partial charge in [0.05, 0.1) is 44.0 Å². The number of fused-ring (bicyclic) bond motifs is 1. The molecule has 8 nitrogen and oxygen atoms in total. The van der Waals surface area contributed by atoms with E-state index in [0.717, 1.165) is 71.7 Å². The quantitative estimate of drug-likeness (QED) is 0.444. The lowest BCUT2D eigenvalue weighted by Crippen LogP contribution is -2.36. The van der Waals surface area contributed by atoms with Crippen LogP contribution < -0.4 is 14.4 Å². The number of rotatable bonds is 6. The van der Waals surface area contributed by atoms with Gasteiger partial charge in [-0.3, -0.25) is 0 Å². The fourth-order valence-electron chi connectivity index (χ4n) is 4.14. The average molecular weight is 446 g/mol. The molecule has 33 heavy (non-hydrogen) atoms. The van der Waals surface area contributed by atoms with E-state index in [9.17, 15) is 0 Å². The Kier molecular flexibility index (Phi) is 5.83. The van der Waals surface area contributed by atoms with E-state index in [-0.39, 0.29) is 0 Å². The number of hydrogen-bond acceptors (Lipinski definition) is 7. The summed E-state index contributed by atoms with van der Waals surface area (Å²) in [6.07, 6.45) is 1.90. The van der Waals surface area contributed by atoms with Crippen LogP contribution in [-0.2, 0) is 4.74 Å². The SMILES string of the molecule is CCOc1ccc(-c2ccc3nc(C)c(-c4ccc(N5CCOCC5)nc4)n3n2)cc1OC. The van der Waals surface area contributed by atoms with Crippen LogP contribution in [-0.4, -0.2) is 59.6 Å². The molecule has 0 amide bonds. The number of nitrogens with zero attached hydrogens (tertiary/aromatic N) is 5. The van der Waals surface area contributed by atoms with Crippen LogP contribution in [0.15, 0.2) is 48.7 Å². The van der Waals surface area contributed by atoms with Gasteiger partial charge in [0, 0.05) is 30.4 Å². The van der Waals surface area contributed by atoms with Gasteiger partial charge in [0.15, 0.2) is 17.1 Å². The zero-order chi connectivity index (χ0) is 22.8.